The Kier molecular flexibility index (Phi) is 4.55. The van der Waals surface area contributed by atoms with Crippen molar-refractivity contribution in [3.8, 4) is 0 Å². The molecule has 2 atom stereocenters. The van der Waals surface area contributed by atoms with Crippen LogP contribution in [0.3, 0.4) is 0 Å². The number of aliphatic hydroxyl groups is 1. The van der Waals surface area contributed by atoms with Crippen molar-refractivity contribution in [2.75, 3.05) is 6.61 Å². The first-order valence-electron chi connectivity index (χ1n) is 6.75. The Morgan fingerprint density at radius 3 is 2.95 bits per heavy atom. The molecule has 0 amide bonds. The monoisotopic (exact) mass is 268 g/mol. The van der Waals surface area contributed by atoms with Crippen LogP contribution >= 0.6 is 0 Å². The third-order valence-corrected chi connectivity index (χ3v) is 3.41. The average Bonchev–Trinajstić information content (AvgIpc) is 2.82. The first kappa shape index (κ1) is 14.0. The summed E-state index contributed by atoms with van der Waals surface area (Å²) in [6.45, 7) is 2.64. The van der Waals surface area contributed by atoms with E-state index < -0.39 is 0 Å². The van der Waals surface area contributed by atoms with E-state index in [2.05, 4.69) is 4.98 Å². The van der Waals surface area contributed by atoms with Gasteiger partial charge in [0.25, 0.3) is 5.56 Å². The predicted molar refractivity (Wildman–Crippen MR) is 70.2 cm³/mol. The normalized spacial score (nSPS) is 22.8. The van der Waals surface area contributed by atoms with Crippen molar-refractivity contribution in [1.29, 1.82) is 0 Å². The van der Waals surface area contributed by atoms with Crippen molar-refractivity contribution in [3.63, 3.8) is 0 Å². The van der Waals surface area contributed by atoms with Gasteiger partial charge in [-0.25, -0.2) is 4.79 Å². The van der Waals surface area contributed by atoms with Gasteiger partial charge in [0.2, 0.25) is 0 Å². The molecule has 6 heteroatoms. The lowest BCUT2D eigenvalue weighted by atomic mass is 10.1. The summed E-state index contributed by atoms with van der Waals surface area (Å²) in [5, 5.41) is 8.90. The second-order valence-corrected chi connectivity index (χ2v) is 4.87. The van der Waals surface area contributed by atoms with E-state index in [1.807, 2.05) is 6.92 Å². The number of aliphatic hydroxyl groups excluding tert-OH is 1. The Morgan fingerprint density at radius 2 is 2.26 bits per heavy atom. The summed E-state index contributed by atoms with van der Waals surface area (Å²) in [5.74, 6) is 0. The lowest BCUT2D eigenvalue weighted by Crippen LogP contribution is -2.32. The van der Waals surface area contributed by atoms with Gasteiger partial charge in [0.1, 0.15) is 0 Å². The largest absolute Gasteiger partial charge is 0.396 e. The second kappa shape index (κ2) is 6.16. The molecule has 0 bridgehead atoms. The quantitative estimate of drug-likeness (QED) is 0.816. The van der Waals surface area contributed by atoms with Gasteiger partial charge < -0.3 is 14.4 Å². The van der Waals surface area contributed by atoms with Crippen LogP contribution < -0.4 is 11.2 Å². The van der Waals surface area contributed by atoms with E-state index in [1.54, 1.807) is 6.20 Å². The van der Waals surface area contributed by atoms with Crippen molar-refractivity contribution in [3.05, 3.63) is 32.6 Å². The van der Waals surface area contributed by atoms with Crippen LogP contribution in [0.2, 0.25) is 0 Å². The lowest BCUT2D eigenvalue weighted by Gasteiger charge is -2.13. The summed E-state index contributed by atoms with van der Waals surface area (Å²) in [6, 6.07) is 0. The van der Waals surface area contributed by atoms with Crippen LogP contribution in [0.15, 0.2) is 15.8 Å². The van der Waals surface area contributed by atoms with Crippen molar-refractivity contribution in [1.82, 2.24) is 9.55 Å². The summed E-state index contributed by atoms with van der Waals surface area (Å²) in [6.07, 6.45) is 4.32. The number of nitrogens with one attached hydrogen (secondary N) is 1. The Morgan fingerprint density at radius 1 is 1.47 bits per heavy atom. The summed E-state index contributed by atoms with van der Waals surface area (Å²) < 4.78 is 7.26. The molecule has 0 unspecified atom stereocenters. The first-order chi connectivity index (χ1) is 9.15. The molecule has 2 N–H and O–H groups in total. The number of aryl methyl sites for hydroxylation is 1. The highest BCUT2D eigenvalue weighted by atomic mass is 16.5. The van der Waals surface area contributed by atoms with Crippen LogP contribution in [0.25, 0.3) is 0 Å². The third kappa shape index (κ3) is 3.13. The SMILES string of the molecule is CCCn1cc([C@H]2CC[C@@H](CCO)O2)c(=O)[nH]c1=O. The molecule has 1 fully saturated rings. The Balaban J connectivity index is 2.23. The molecule has 1 aliphatic heterocycles. The standard InChI is InChI=1S/C13H20N2O4/c1-2-6-15-8-10(12(17)14-13(15)18)11-4-3-9(19-11)5-7-16/h8-9,11,16H,2-7H2,1H3,(H,14,17,18)/t9-,11+/m0/s1. The molecule has 0 saturated carbocycles. The molecule has 1 aromatic rings. The smallest absolute Gasteiger partial charge is 0.328 e. The topological polar surface area (TPSA) is 84.3 Å². The number of ether oxygens (including phenoxy) is 1. The van der Waals surface area contributed by atoms with E-state index in [0.29, 0.717) is 18.5 Å². The maximum Gasteiger partial charge on any atom is 0.328 e. The zero-order valence-electron chi connectivity index (χ0n) is 11.1. The van der Waals surface area contributed by atoms with Gasteiger partial charge in [-0.05, 0) is 25.7 Å². The zero-order valence-corrected chi connectivity index (χ0v) is 11.1. The maximum absolute atomic E-state index is 11.8. The molecular weight excluding hydrogens is 248 g/mol. The minimum Gasteiger partial charge on any atom is -0.396 e. The lowest BCUT2D eigenvalue weighted by molar-refractivity contribution is 0.0294. The fourth-order valence-electron chi connectivity index (χ4n) is 2.45. The van der Waals surface area contributed by atoms with Gasteiger partial charge in [-0.1, -0.05) is 6.92 Å². The van der Waals surface area contributed by atoms with Crippen LogP contribution in [-0.2, 0) is 11.3 Å². The minimum absolute atomic E-state index is 0.000883. The number of rotatable bonds is 5. The van der Waals surface area contributed by atoms with Gasteiger partial charge in [-0.15, -0.1) is 0 Å². The molecular formula is C13H20N2O4. The Labute approximate surface area is 111 Å². The van der Waals surface area contributed by atoms with Gasteiger partial charge >= 0.3 is 5.69 Å². The number of hydrogen-bond donors (Lipinski definition) is 2. The molecule has 1 saturated heterocycles. The van der Waals surface area contributed by atoms with E-state index in [0.717, 1.165) is 19.3 Å². The number of H-pyrrole nitrogens is 1. The molecule has 1 aromatic heterocycles. The molecule has 0 aromatic carbocycles. The van der Waals surface area contributed by atoms with E-state index in [1.165, 1.54) is 4.57 Å². The molecule has 2 heterocycles. The van der Waals surface area contributed by atoms with Crippen molar-refractivity contribution in [2.24, 2.45) is 0 Å². The van der Waals surface area contributed by atoms with Crippen LogP contribution in [-0.4, -0.2) is 27.4 Å². The molecule has 2 rings (SSSR count). The van der Waals surface area contributed by atoms with E-state index in [9.17, 15) is 9.59 Å². The zero-order chi connectivity index (χ0) is 13.8. The van der Waals surface area contributed by atoms with Crippen LogP contribution in [0.1, 0.15) is 44.3 Å². The van der Waals surface area contributed by atoms with Crippen molar-refractivity contribution in [2.45, 2.75) is 51.4 Å². The average molecular weight is 268 g/mol. The molecule has 1 aliphatic rings. The van der Waals surface area contributed by atoms with Gasteiger partial charge in [-0.3, -0.25) is 9.78 Å². The highest BCUT2D eigenvalue weighted by Crippen LogP contribution is 2.31. The number of nitrogens with zero attached hydrogens (tertiary/aromatic N) is 1. The summed E-state index contributed by atoms with van der Waals surface area (Å²) >= 11 is 0. The highest BCUT2D eigenvalue weighted by Gasteiger charge is 2.28. The molecule has 0 spiro atoms. The van der Waals surface area contributed by atoms with Crippen molar-refractivity contribution < 1.29 is 9.84 Å². The summed E-state index contributed by atoms with van der Waals surface area (Å²) in [7, 11) is 0. The van der Waals surface area contributed by atoms with Crippen molar-refractivity contribution >= 4 is 0 Å². The number of aromatic amines is 1. The fourth-order valence-corrected chi connectivity index (χ4v) is 2.45. The van der Waals surface area contributed by atoms with E-state index in [-0.39, 0.29) is 30.1 Å². The number of hydrogen-bond acceptors (Lipinski definition) is 4. The number of aromatic nitrogens is 2. The summed E-state index contributed by atoms with van der Waals surface area (Å²) in [5.41, 5.74) is -0.235. The highest BCUT2D eigenvalue weighted by molar-refractivity contribution is 5.10. The van der Waals surface area contributed by atoms with Crippen LogP contribution in [0, 0.1) is 0 Å². The Bertz CT molecular complexity index is 534. The molecule has 0 radical (unpaired) electrons. The third-order valence-electron chi connectivity index (χ3n) is 3.41. The fraction of sp³-hybridized carbons (Fsp3) is 0.692. The van der Waals surface area contributed by atoms with E-state index in [4.69, 9.17) is 9.84 Å². The van der Waals surface area contributed by atoms with Gasteiger partial charge in [0.05, 0.1) is 17.8 Å². The Hall–Kier alpha value is -1.40. The second-order valence-electron chi connectivity index (χ2n) is 4.87. The maximum atomic E-state index is 11.8. The molecule has 0 aliphatic carbocycles. The van der Waals surface area contributed by atoms with E-state index >= 15 is 0 Å². The van der Waals surface area contributed by atoms with Crippen LogP contribution in [0.5, 0.6) is 0 Å². The minimum atomic E-state index is -0.375. The van der Waals surface area contributed by atoms with Gasteiger partial charge in [-0.2, -0.15) is 0 Å². The molecule has 19 heavy (non-hydrogen) atoms. The summed E-state index contributed by atoms with van der Waals surface area (Å²) in [4.78, 5) is 25.8. The van der Waals surface area contributed by atoms with Gasteiger partial charge in [0, 0.05) is 19.3 Å². The molecule has 6 nitrogen and oxygen atoms in total. The van der Waals surface area contributed by atoms with Crippen LogP contribution in [0.4, 0.5) is 0 Å². The molecule has 106 valence electrons. The predicted octanol–water partition coefficient (Wildman–Crippen LogP) is 0.549. The van der Waals surface area contributed by atoms with Gasteiger partial charge in [0.15, 0.2) is 0 Å². The first-order valence-corrected chi connectivity index (χ1v) is 6.75.